The highest BCUT2D eigenvalue weighted by atomic mass is 16.5. The Morgan fingerprint density at radius 1 is 1.15 bits per heavy atom. The lowest BCUT2D eigenvalue weighted by Crippen LogP contribution is -2.06. The summed E-state index contributed by atoms with van der Waals surface area (Å²) in [5, 5.41) is 3.26. The molecule has 0 bridgehead atoms. The molecule has 0 aliphatic carbocycles. The molecular weight excluding hydrogens is 254 g/mol. The number of pyridine rings is 2. The number of hydrogen-bond donors (Lipinski definition) is 1. The number of nitrogens with zero attached hydrogens (tertiary/aromatic N) is 2. The van der Waals surface area contributed by atoms with Gasteiger partial charge in [-0.25, -0.2) is 9.97 Å². The summed E-state index contributed by atoms with van der Waals surface area (Å²) in [6.45, 7) is 3.33. The van der Waals surface area contributed by atoms with Gasteiger partial charge >= 0.3 is 0 Å². The maximum atomic E-state index is 5.66. The summed E-state index contributed by atoms with van der Waals surface area (Å²) in [7, 11) is 1.61. The second kappa shape index (κ2) is 7.33. The first-order chi connectivity index (χ1) is 9.85. The van der Waals surface area contributed by atoms with E-state index >= 15 is 0 Å². The van der Waals surface area contributed by atoms with Crippen molar-refractivity contribution < 1.29 is 9.47 Å². The molecule has 2 heterocycles. The molecule has 1 N–H and O–H groups in total. The lowest BCUT2D eigenvalue weighted by Gasteiger charge is -2.12. The molecule has 2 aromatic rings. The predicted octanol–water partition coefficient (Wildman–Crippen LogP) is 2.89. The number of ether oxygens (including phenoxy) is 2. The Balaban J connectivity index is 2.06. The molecule has 0 amide bonds. The van der Waals surface area contributed by atoms with Crippen molar-refractivity contribution >= 4 is 5.82 Å². The second-order valence-electron chi connectivity index (χ2n) is 4.22. The van der Waals surface area contributed by atoms with Gasteiger partial charge in [0.15, 0.2) is 11.6 Å². The van der Waals surface area contributed by atoms with E-state index in [9.17, 15) is 0 Å². The van der Waals surface area contributed by atoms with Gasteiger partial charge in [-0.15, -0.1) is 0 Å². The minimum atomic E-state index is 0.580. The van der Waals surface area contributed by atoms with Crippen molar-refractivity contribution in [2.24, 2.45) is 0 Å². The number of aromatic nitrogens is 2. The van der Waals surface area contributed by atoms with Crippen LogP contribution in [0.1, 0.15) is 18.9 Å². The van der Waals surface area contributed by atoms with Gasteiger partial charge in [0, 0.05) is 24.5 Å². The van der Waals surface area contributed by atoms with Gasteiger partial charge in [-0.1, -0.05) is 13.0 Å². The molecular formula is C15H19N3O2. The number of rotatable bonds is 7. The topological polar surface area (TPSA) is 56.3 Å². The number of hydrogen-bond acceptors (Lipinski definition) is 5. The third-order valence-electron chi connectivity index (χ3n) is 2.72. The first kappa shape index (κ1) is 14.1. The van der Waals surface area contributed by atoms with E-state index in [0.29, 0.717) is 19.0 Å². The molecule has 20 heavy (non-hydrogen) atoms. The van der Waals surface area contributed by atoms with Crippen molar-refractivity contribution in [1.29, 1.82) is 0 Å². The number of anilines is 1. The summed E-state index contributed by atoms with van der Waals surface area (Å²) < 4.78 is 10.9. The first-order valence-corrected chi connectivity index (χ1v) is 6.64. The van der Waals surface area contributed by atoms with Crippen molar-refractivity contribution in [3.8, 4) is 11.6 Å². The standard InChI is InChI=1S/C15H19N3O2/c1-3-10-20-13-7-5-8-16-14(13)18-11-12-6-4-9-17-15(12)19-2/h4-9H,3,10-11H2,1-2H3,(H,16,18). The van der Waals surface area contributed by atoms with Crippen molar-refractivity contribution in [3.05, 3.63) is 42.2 Å². The average Bonchev–Trinajstić information content (AvgIpc) is 2.52. The SMILES string of the molecule is CCCOc1cccnc1NCc1cccnc1OC. The van der Waals surface area contributed by atoms with Crippen molar-refractivity contribution in [3.63, 3.8) is 0 Å². The summed E-state index contributed by atoms with van der Waals surface area (Å²) in [6.07, 6.45) is 4.41. The smallest absolute Gasteiger partial charge is 0.218 e. The fourth-order valence-electron chi connectivity index (χ4n) is 1.77. The first-order valence-electron chi connectivity index (χ1n) is 6.64. The molecule has 0 fully saturated rings. The van der Waals surface area contributed by atoms with Crippen LogP contribution in [0.2, 0.25) is 0 Å². The fourth-order valence-corrected chi connectivity index (χ4v) is 1.77. The zero-order chi connectivity index (χ0) is 14.2. The Hall–Kier alpha value is -2.30. The van der Waals surface area contributed by atoms with Gasteiger partial charge in [0.05, 0.1) is 13.7 Å². The van der Waals surface area contributed by atoms with Crippen LogP contribution in [0.15, 0.2) is 36.7 Å². The molecule has 0 saturated heterocycles. The van der Waals surface area contributed by atoms with Crippen LogP contribution in [0.5, 0.6) is 11.6 Å². The average molecular weight is 273 g/mol. The number of nitrogens with one attached hydrogen (secondary N) is 1. The molecule has 0 unspecified atom stereocenters. The molecule has 5 heteroatoms. The Morgan fingerprint density at radius 3 is 2.75 bits per heavy atom. The molecule has 0 atom stereocenters. The summed E-state index contributed by atoms with van der Waals surface area (Å²) in [5.41, 5.74) is 0.974. The van der Waals surface area contributed by atoms with E-state index in [-0.39, 0.29) is 0 Å². The zero-order valence-electron chi connectivity index (χ0n) is 11.8. The van der Waals surface area contributed by atoms with Gasteiger partial charge < -0.3 is 14.8 Å². The summed E-state index contributed by atoms with van der Waals surface area (Å²) in [4.78, 5) is 8.47. The van der Waals surface area contributed by atoms with Crippen molar-refractivity contribution in [2.75, 3.05) is 19.0 Å². The number of methoxy groups -OCH3 is 1. The maximum absolute atomic E-state index is 5.66. The highest BCUT2D eigenvalue weighted by molar-refractivity contribution is 5.50. The maximum Gasteiger partial charge on any atom is 0.218 e. The van der Waals surface area contributed by atoms with Crippen molar-refractivity contribution in [2.45, 2.75) is 19.9 Å². The minimum absolute atomic E-state index is 0.580. The zero-order valence-corrected chi connectivity index (χ0v) is 11.8. The predicted molar refractivity (Wildman–Crippen MR) is 78.1 cm³/mol. The van der Waals surface area contributed by atoms with Gasteiger partial charge in [0.2, 0.25) is 5.88 Å². The van der Waals surface area contributed by atoms with Crippen LogP contribution in [0, 0.1) is 0 Å². The molecule has 0 aromatic carbocycles. The lowest BCUT2D eigenvalue weighted by molar-refractivity contribution is 0.317. The van der Waals surface area contributed by atoms with E-state index in [2.05, 4.69) is 22.2 Å². The summed E-state index contributed by atoms with van der Waals surface area (Å²) in [5.74, 6) is 2.11. The van der Waals surface area contributed by atoms with Gasteiger partial charge in [-0.05, 0) is 24.6 Å². The largest absolute Gasteiger partial charge is 0.490 e. The van der Waals surface area contributed by atoms with Crippen LogP contribution < -0.4 is 14.8 Å². The summed E-state index contributed by atoms with van der Waals surface area (Å²) >= 11 is 0. The Bertz CT molecular complexity index is 546. The van der Waals surface area contributed by atoms with Gasteiger partial charge in [-0.3, -0.25) is 0 Å². The van der Waals surface area contributed by atoms with Crippen molar-refractivity contribution in [1.82, 2.24) is 9.97 Å². The third kappa shape index (κ3) is 3.60. The van der Waals surface area contributed by atoms with Crippen LogP contribution in [-0.2, 0) is 6.54 Å². The van der Waals surface area contributed by atoms with Gasteiger partial charge in [0.25, 0.3) is 0 Å². The molecule has 106 valence electrons. The second-order valence-corrected chi connectivity index (χ2v) is 4.22. The van der Waals surface area contributed by atoms with Gasteiger partial charge in [-0.2, -0.15) is 0 Å². The monoisotopic (exact) mass is 273 g/mol. The molecule has 0 saturated carbocycles. The van der Waals surface area contributed by atoms with Crippen LogP contribution in [0.4, 0.5) is 5.82 Å². The highest BCUT2D eigenvalue weighted by Gasteiger charge is 2.07. The molecule has 2 rings (SSSR count). The molecule has 0 aliphatic rings. The van der Waals surface area contributed by atoms with E-state index < -0.39 is 0 Å². The quantitative estimate of drug-likeness (QED) is 0.840. The molecule has 0 aliphatic heterocycles. The van der Waals surface area contributed by atoms with E-state index in [4.69, 9.17) is 9.47 Å². The fraction of sp³-hybridized carbons (Fsp3) is 0.333. The van der Waals surface area contributed by atoms with E-state index in [1.165, 1.54) is 0 Å². The van der Waals surface area contributed by atoms with E-state index in [0.717, 1.165) is 23.6 Å². The minimum Gasteiger partial charge on any atom is -0.490 e. The van der Waals surface area contributed by atoms with Crippen LogP contribution in [0.25, 0.3) is 0 Å². The van der Waals surface area contributed by atoms with Crippen LogP contribution in [-0.4, -0.2) is 23.7 Å². The Morgan fingerprint density at radius 2 is 1.95 bits per heavy atom. The van der Waals surface area contributed by atoms with E-state index in [1.54, 1.807) is 19.5 Å². The van der Waals surface area contributed by atoms with Crippen LogP contribution in [0.3, 0.4) is 0 Å². The Kier molecular flexibility index (Phi) is 5.17. The normalized spacial score (nSPS) is 10.1. The molecule has 5 nitrogen and oxygen atoms in total. The lowest BCUT2D eigenvalue weighted by atomic mass is 10.2. The summed E-state index contributed by atoms with van der Waals surface area (Å²) in [6, 6.07) is 7.62. The highest BCUT2D eigenvalue weighted by Crippen LogP contribution is 2.23. The van der Waals surface area contributed by atoms with E-state index in [1.807, 2.05) is 24.3 Å². The Labute approximate surface area is 119 Å². The molecule has 0 spiro atoms. The molecule has 0 radical (unpaired) electrons. The third-order valence-corrected chi connectivity index (χ3v) is 2.72. The van der Waals surface area contributed by atoms with Crippen LogP contribution >= 0.6 is 0 Å². The van der Waals surface area contributed by atoms with Gasteiger partial charge in [0.1, 0.15) is 0 Å². The molecule has 2 aromatic heterocycles.